The number of hydrogen-bond donors (Lipinski definition) is 2. The molecule has 0 aromatic heterocycles. The number of aryl methyl sites for hydroxylation is 1. The van der Waals surface area contributed by atoms with E-state index in [1.807, 2.05) is 37.3 Å². The number of nitrogens with zero attached hydrogens (tertiary/aromatic N) is 2. The molecule has 0 spiro atoms. The van der Waals surface area contributed by atoms with Crippen molar-refractivity contribution >= 4 is 37.9 Å². The number of aliphatic carboxylic acids is 2. The molecule has 1 fully saturated rings. The van der Waals surface area contributed by atoms with Crippen LogP contribution in [0.4, 0.5) is 0 Å². The summed E-state index contributed by atoms with van der Waals surface area (Å²) in [5.74, 6) is -2.84. The monoisotopic (exact) mass is 528 g/mol. The van der Waals surface area contributed by atoms with Gasteiger partial charge < -0.3 is 14.9 Å². The maximum Gasteiger partial charge on any atom is 0.414 e. The van der Waals surface area contributed by atoms with Crippen LogP contribution in [0.25, 0.3) is 0 Å². The first-order chi connectivity index (χ1) is 15.0. The number of rotatable bonds is 5. The first-order valence-electron chi connectivity index (χ1n) is 9.62. The van der Waals surface area contributed by atoms with Crippen LogP contribution in [0.5, 0.6) is 5.75 Å². The maximum absolute atomic E-state index is 12.8. The van der Waals surface area contributed by atoms with E-state index in [9.17, 15) is 8.42 Å². The molecule has 1 aliphatic rings. The van der Waals surface area contributed by atoms with Gasteiger partial charge in [0.15, 0.2) is 0 Å². The van der Waals surface area contributed by atoms with Crippen LogP contribution in [0.2, 0.25) is 0 Å². The normalized spacial score (nSPS) is 14.8. The summed E-state index contributed by atoms with van der Waals surface area (Å²) < 4.78 is 33.3. The number of carboxylic acid groups (broad SMARTS) is 2. The highest BCUT2D eigenvalue weighted by molar-refractivity contribution is 9.10. The van der Waals surface area contributed by atoms with Crippen molar-refractivity contribution in [2.45, 2.75) is 18.4 Å². The summed E-state index contributed by atoms with van der Waals surface area (Å²) in [4.78, 5) is 20.8. The summed E-state index contributed by atoms with van der Waals surface area (Å²) in [6.07, 6.45) is 0. The Kier molecular flexibility index (Phi) is 9.20. The molecular weight excluding hydrogens is 504 g/mol. The van der Waals surface area contributed by atoms with Crippen molar-refractivity contribution in [1.82, 2.24) is 9.21 Å². The van der Waals surface area contributed by atoms with E-state index in [0.717, 1.165) is 35.4 Å². The minimum absolute atomic E-state index is 0.371. The molecule has 0 amide bonds. The molecule has 0 bridgehead atoms. The van der Waals surface area contributed by atoms with Gasteiger partial charge in [-0.2, -0.15) is 4.31 Å². The van der Waals surface area contributed by atoms with Crippen molar-refractivity contribution < 1.29 is 33.0 Å². The number of ether oxygens (including phenoxy) is 1. The van der Waals surface area contributed by atoms with Crippen molar-refractivity contribution in [2.75, 3.05) is 33.3 Å². The van der Waals surface area contributed by atoms with Crippen LogP contribution in [0.1, 0.15) is 11.1 Å². The number of piperazine rings is 1. The largest absolute Gasteiger partial charge is 0.496 e. The minimum Gasteiger partial charge on any atom is -0.496 e. The third-order valence-corrected chi connectivity index (χ3v) is 7.33. The highest BCUT2D eigenvalue weighted by Crippen LogP contribution is 2.26. The van der Waals surface area contributed by atoms with E-state index in [0.29, 0.717) is 18.0 Å². The second-order valence-electron chi connectivity index (χ2n) is 7.07. The highest BCUT2D eigenvalue weighted by Gasteiger charge is 2.28. The molecule has 2 N–H and O–H groups in total. The van der Waals surface area contributed by atoms with Crippen LogP contribution in [0.15, 0.2) is 51.8 Å². The fourth-order valence-electron chi connectivity index (χ4n) is 3.05. The van der Waals surface area contributed by atoms with Crippen LogP contribution in [-0.2, 0) is 26.2 Å². The van der Waals surface area contributed by atoms with Gasteiger partial charge in [0.05, 0.1) is 16.5 Å². The van der Waals surface area contributed by atoms with E-state index in [1.54, 1.807) is 23.5 Å². The molecule has 174 valence electrons. The second-order valence-corrected chi connectivity index (χ2v) is 9.86. The average molecular weight is 529 g/mol. The van der Waals surface area contributed by atoms with E-state index < -0.39 is 22.0 Å². The fraction of sp³-hybridized carbons (Fsp3) is 0.333. The molecule has 0 aliphatic carbocycles. The smallest absolute Gasteiger partial charge is 0.414 e. The van der Waals surface area contributed by atoms with Crippen molar-refractivity contribution in [3.8, 4) is 5.75 Å². The van der Waals surface area contributed by atoms with Gasteiger partial charge in [0, 0.05) is 32.7 Å². The summed E-state index contributed by atoms with van der Waals surface area (Å²) in [5.41, 5.74) is 2.23. The summed E-state index contributed by atoms with van der Waals surface area (Å²) in [5, 5.41) is 14.8. The minimum atomic E-state index is -3.41. The Morgan fingerprint density at radius 3 is 2.03 bits per heavy atom. The number of benzene rings is 2. The summed E-state index contributed by atoms with van der Waals surface area (Å²) in [6.45, 7) is 5.19. The lowest BCUT2D eigenvalue weighted by Crippen LogP contribution is -2.48. The van der Waals surface area contributed by atoms with Crippen LogP contribution in [0, 0.1) is 6.92 Å². The fourth-order valence-corrected chi connectivity index (χ4v) is 5.06. The lowest BCUT2D eigenvalue weighted by Gasteiger charge is -2.34. The van der Waals surface area contributed by atoms with E-state index in [4.69, 9.17) is 24.5 Å². The van der Waals surface area contributed by atoms with E-state index >= 15 is 0 Å². The number of halogens is 1. The first kappa shape index (κ1) is 25.8. The van der Waals surface area contributed by atoms with Crippen molar-refractivity contribution in [3.63, 3.8) is 0 Å². The van der Waals surface area contributed by atoms with E-state index in [1.165, 1.54) is 5.56 Å². The molecule has 2 aromatic rings. The van der Waals surface area contributed by atoms with Gasteiger partial charge in [0.25, 0.3) is 0 Å². The van der Waals surface area contributed by atoms with Gasteiger partial charge in [0.1, 0.15) is 5.75 Å². The Morgan fingerprint density at radius 1 is 1.00 bits per heavy atom. The molecule has 0 saturated carbocycles. The predicted molar refractivity (Wildman–Crippen MR) is 121 cm³/mol. The summed E-state index contributed by atoms with van der Waals surface area (Å²) in [6, 6.07) is 13.1. The quantitative estimate of drug-likeness (QED) is 0.566. The number of methoxy groups -OCH3 is 1. The van der Waals surface area contributed by atoms with E-state index in [2.05, 4.69) is 20.8 Å². The van der Waals surface area contributed by atoms with Gasteiger partial charge in [0.2, 0.25) is 10.0 Å². The van der Waals surface area contributed by atoms with Crippen LogP contribution >= 0.6 is 15.9 Å². The Balaban J connectivity index is 0.000000534. The highest BCUT2D eigenvalue weighted by atomic mass is 79.9. The average Bonchev–Trinajstić information content (AvgIpc) is 2.75. The number of carboxylic acids is 2. The molecule has 3 rings (SSSR count). The van der Waals surface area contributed by atoms with Gasteiger partial charge in [-0.25, -0.2) is 18.0 Å². The predicted octanol–water partition coefficient (Wildman–Crippen LogP) is 2.43. The zero-order valence-corrected chi connectivity index (χ0v) is 20.1. The van der Waals surface area contributed by atoms with Gasteiger partial charge in [-0.05, 0) is 52.7 Å². The van der Waals surface area contributed by atoms with Crippen LogP contribution in [-0.4, -0.2) is 73.1 Å². The van der Waals surface area contributed by atoms with Crippen molar-refractivity contribution in [2.24, 2.45) is 0 Å². The molecule has 0 atom stereocenters. The number of hydrogen-bond acceptors (Lipinski definition) is 6. The van der Waals surface area contributed by atoms with Gasteiger partial charge >= 0.3 is 11.9 Å². The second kappa shape index (κ2) is 11.4. The van der Waals surface area contributed by atoms with Crippen molar-refractivity contribution in [3.05, 3.63) is 58.1 Å². The molecule has 0 radical (unpaired) electrons. The van der Waals surface area contributed by atoms with Crippen LogP contribution < -0.4 is 4.74 Å². The Bertz CT molecular complexity index is 1040. The van der Waals surface area contributed by atoms with Crippen LogP contribution in [0.3, 0.4) is 0 Å². The molecule has 1 heterocycles. The molecule has 11 heteroatoms. The molecule has 32 heavy (non-hydrogen) atoms. The maximum atomic E-state index is 12.8. The lowest BCUT2D eigenvalue weighted by atomic mass is 10.2. The number of sulfonamides is 1. The van der Waals surface area contributed by atoms with Gasteiger partial charge in [-0.3, -0.25) is 4.90 Å². The zero-order chi connectivity index (χ0) is 23.9. The molecule has 1 aliphatic heterocycles. The Labute approximate surface area is 195 Å². The zero-order valence-electron chi connectivity index (χ0n) is 17.7. The first-order valence-corrected chi connectivity index (χ1v) is 11.9. The van der Waals surface area contributed by atoms with Gasteiger partial charge in [-0.1, -0.05) is 23.8 Å². The van der Waals surface area contributed by atoms with Gasteiger partial charge in [-0.15, -0.1) is 0 Å². The standard InChI is InChI=1S/C19H23BrN2O3S.C2H2O4/c1-15-3-6-17(7-4-15)26(23,24)22-11-9-21(10-12-22)14-16-5-8-19(25-2)18(20)13-16;3-1(4)2(5)6/h3-8,13H,9-12,14H2,1-2H3;(H,3,4)(H,5,6). The molecular formula is C21H25BrN2O7S. The summed E-state index contributed by atoms with van der Waals surface area (Å²) >= 11 is 3.51. The molecule has 1 saturated heterocycles. The SMILES string of the molecule is COc1ccc(CN2CCN(S(=O)(=O)c3ccc(C)cc3)CC2)cc1Br.O=C(O)C(=O)O. The van der Waals surface area contributed by atoms with Crippen molar-refractivity contribution in [1.29, 1.82) is 0 Å². The lowest BCUT2D eigenvalue weighted by molar-refractivity contribution is -0.159. The topological polar surface area (TPSA) is 124 Å². The summed E-state index contributed by atoms with van der Waals surface area (Å²) in [7, 11) is -1.76. The Hall–Kier alpha value is -2.47. The third kappa shape index (κ3) is 7.02. The molecule has 2 aromatic carbocycles. The number of carbonyl (C=O) groups is 2. The van der Waals surface area contributed by atoms with E-state index in [-0.39, 0.29) is 0 Å². The third-order valence-electron chi connectivity index (χ3n) is 4.80. The molecule has 0 unspecified atom stereocenters. The Morgan fingerprint density at radius 2 is 1.56 bits per heavy atom. The molecule has 9 nitrogen and oxygen atoms in total.